The Labute approximate surface area is 230 Å². The predicted molar refractivity (Wildman–Crippen MR) is 147 cm³/mol. The zero-order chi connectivity index (χ0) is 29.7. The average molecular weight is 549 g/mol. The van der Waals surface area contributed by atoms with Crippen LogP contribution in [0.15, 0.2) is 30.3 Å². The molecular formula is C27H44N6O6. The van der Waals surface area contributed by atoms with Gasteiger partial charge in [-0.05, 0) is 37.2 Å². The summed E-state index contributed by atoms with van der Waals surface area (Å²) in [5.74, 6) is -3.16. The lowest BCUT2D eigenvalue weighted by molar-refractivity contribution is -0.135. The van der Waals surface area contributed by atoms with Crippen LogP contribution in [0.2, 0.25) is 0 Å². The third-order valence-electron chi connectivity index (χ3n) is 5.91. The molecule has 0 unspecified atom stereocenters. The first-order valence-corrected chi connectivity index (χ1v) is 13.2. The summed E-state index contributed by atoms with van der Waals surface area (Å²) < 4.78 is 0. The maximum atomic E-state index is 13.4. The minimum absolute atomic E-state index is 0.00159. The van der Waals surface area contributed by atoms with Crippen molar-refractivity contribution in [3.63, 3.8) is 0 Å². The van der Waals surface area contributed by atoms with E-state index in [0.29, 0.717) is 0 Å². The van der Waals surface area contributed by atoms with Gasteiger partial charge in [-0.25, -0.2) is 0 Å². The lowest BCUT2D eigenvalue weighted by Crippen LogP contribution is -2.59. The first-order chi connectivity index (χ1) is 18.2. The normalized spacial score (nSPS) is 15.0. The van der Waals surface area contributed by atoms with Crippen molar-refractivity contribution < 1.29 is 29.1 Å². The number of primary amides is 1. The van der Waals surface area contributed by atoms with Crippen LogP contribution in [0.4, 0.5) is 0 Å². The molecule has 0 spiro atoms. The lowest BCUT2D eigenvalue weighted by Gasteiger charge is -2.27. The fourth-order valence-electron chi connectivity index (χ4n) is 3.76. The molecule has 0 heterocycles. The third kappa shape index (κ3) is 12.3. The van der Waals surface area contributed by atoms with E-state index in [1.54, 1.807) is 24.3 Å². The summed E-state index contributed by atoms with van der Waals surface area (Å²) in [7, 11) is 0. The van der Waals surface area contributed by atoms with Crippen molar-refractivity contribution in [1.29, 1.82) is 0 Å². The summed E-state index contributed by atoms with van der Waals surface area (Å²) in [4.78, 5) is 63.3. The number of carbonyl (C=O) groups excluding carboxylic acids is 5. The number of aliphatic hydroxyl groups is 1. The molecule has 0 saturated carbocycles. The van der Waals surface area contributed by atoms with Gasteiger partial charge in [-0.2, -0.15) is 0 Å². The molecule has 39 heavy (non-hydrogen) atoms. The molecule has 218 valence electrons. The molecule has 0 aliphatic rings. The van der Waals surface area contributed by atoms with Crippen molar-refractivity contribution in [3.8, 4) is 0 Å². The van der Waals surface area contributed by atoms with Crippen molar-refractivity contribution in [1.82, 2.24) is 21.3 Å². The minimum Gasteiger partial charge on any atom is -0.394 e. The summed E-state index contributed by atoms with van der Waals surface area (Å²) in [5, 5.41) is 19.7. The fourth-order valence-corrected chi connectivity index (χ4v) is 3.76. The second-order valence-corrected chi connectivity index (χ2v) is 10.6. The molecule has 12 nitrogen and oxygen atoms in total. The van der Waals surface area contributed by atoms with Crippen LogP contribution in [0.25, 0.3) is 0 Å². The molecule has 1 aromatic rings. The maximum absolute atomic E-state index is 13.4. The molecule has 0 aliphatic carbocycles. The minimum atomic E-state index is -1.22. The van der Waals surface area contributed by atoms with Crippen molar-refractivity contribution in [3.05, 3.63) is 35.9 Å². The molecule has 0 radical (unpaired) electrons. The van der Waals surface area contributed by atoms with E-state index in [0.717, 1.165) is 5.56 Å². The second-order valence-electron chi connectivity index (χ2n) is 10.6. The lowest BCUT2D eigenvalue weighted by atomic mass is 9.99. The molecule has 0 saturated heterocycles. The van der Waals surface area contributed by atoms with Gasteiger partial charge < -0.3 is 37.8 Å². The van der Waals surface area contributed by atoms with E-state index in [1.165, 1.54) is 6.92 Å². The maximum Gasteiger partial charge on any atom is 0.243 e. The van der Waals surface area contributed by atoms with Crippen LogP contribution in [-0.2, 0) is 30.4 Å². The van der Waals surface area contributed by atoms with E-state index in [9.17, 15) is 29.1 Å². The van der Waals surface area contributed by atoms with E-state index >= 15 is 0 Å². The Hall–Kier alpha value is -3.51. The number of benzene rings is 1. The molecule has 0 aliphatic heterocycles. The predicted octanol–water partition coefficient (Wildman–Crippen LogP) is -0.915. The molecule has 5 atom stereocenters. The summed E-state index contributed by atoms with van der Waals surface area (Å²) in [6.07, 6.45) is 0.667. The first-order valence-electron chi connectivity index (χ1n) is 13.2. The molecule has 1 rings (SSSR count). The Morgan fingerprint density at radius 1 is 0.718 bits per heavy atom. The van der Waals surface area contributed by atoms with Crippen LogP contribution in [-0.4, -0.2) is 71.5 Å². The highest BCUT2D eigenvalue weighted by Crippen LogP contribution is 2.11. The Bertz CT molecular complexity index is 971. The second kappa shape index (κ2) is 16.5. The van der Waals surface area contributed by atoms with Gasteiger partial charge >= 0.3 is 0 Å². The van der Waals surface area contributed by atoms with Gasteiger partial charge in [0.2, 0.25) is 29.5 Å². The molecule has 0 aromatic heterocycles. The molecule has 12 heteroatoms. The van der Waals surface area contributed by atoms with Crippen LogP contribution >= 0.6 is 0 Å². The Morgan fingerprint density at radius 2 is 1.15 bits per heavy atom. The van der Waals surface area contributed by atoms with Gasteiger partial charge in [0, 0.05) is 6.42 Å². The first kappa shape index (κ1) is 33.5. The number of hydrogen-bond donors (Lipinski definition) is 7. The molecular weight excluding hydrogens is 504 g/mol. The van der Waals surface area contributed by atoms with E-state index in [2.05, 4.69) is 21.3 Å². The van der Waals surface area contributed by atoms with Crippen molar-refractivity contribution >= 4 is 29.5 Å². The van der Waals surface area contributed by atoms with E-state index in [1.807, 2.05) is 33.8 Å². The van der Waals surface area contributed by atoms with Crippen LogP contribution in [0, 0.1) is 11.8 Å². The molecule has 5 amide bonds. The number of rotatable bonds is 16. The summed E-state index contributed by atoms with van der Waals surface area (Å²) in [6.45, 7) is 8.36. The number of amides is 5. The largest absolute Gasteiger partial charge is 0.394 e. The highest BCUT2D eigenvalue weighted by atomic mass is 16.3. The third-order valence-corrected chi connectivity index (χ3v) is 5.91. The fraction of sp³-hybridized carbons (Fsp3) is 0.593. The molecule has 9 N–H and O–H groups in total. The highest BCUT2D eigenvalue weighted by molar-refractivity contribution is 5.95. The van der Waals surface area contributed by atoms with Gasteiger partial charge in [0.15, 0.2) is 0 Å². The van der Waals surface area contributed by atoms with Crippen LogP contribution < -0.4 is 32.7 Å². The Morgan fingerprint density at radius 3 is 1.59 bits per heavy atom. The molecule has 1 aromatic carbocycles. The van der Waals surface area contributed by atoms with Crippen molar-refractivity contribution in [2.24, 2.45) is 23.3 Å². The zero-order valence-corrected chi connectivity index (χ0v) is 23.4. The number of hydrogen-bond acceptors (Lipinski definition) is 7. The summed E-state index contributed by atoms with van der Waals surface area (Å²) >= 11 is 0. The van der Waals surface area contributed by atoms with Crippen LogP contribution in [0.1, 0.15) is 53.0 Å². The average Bonchev–Trinajstić information content (AvgIpc) is 2.86. The zero-order valence-electron chi connectivity index (χ0n) is 23.4. The number of nitrogens with two attached hydrogens (primary N) is 2. The van der Waals surface area contributed by atoms with Gasteiger partial charge in [-0.1, -0.05) is 58.0 Å². The quantitative estimate of drug-likeness (QED) is 0.138. The Balaban J connectivity index is 3.15. The highest BCUT2D eigenvalue weighted by Gasteiger charge is 2.31. The van der Waals surface area contributed by atoms with E-state index in [-0.39, 0.29) is 31.1 Å². The summed E-state index contributed by atoms with van der Waals surface area (Å²) in [6, 6.07) is 3.77. The number of carbonyl (C=O) groups is 5. The van der Waals surface area contributed by atoms with Gasteiger partial charge in [-0.15, -0.1) is 0 Å². The topological polar surface area (TPSA) is 206 Å². The monoisotopic (exact) mass is 548 g/mol. The van der Waals surface area contributed by atoms with Gasteiger partial charge in [0.05, 0.1) is 6.61 Å². The van der Waals surface area contributed by atoms with Crippen molar-refractivity contribution in [2.45, 2.75) is 84.1 Å². The smallest absolute Gasteiger partial charge is 0.243 e. The number of nitrogens with one attached hydrogen (secondary N) is 4. The van der Waals surface area contributed by atoms with Crippen LogP contribution in [0.3, 0.4) is 0 Å². The SMILES string of the molecule is CC(C)C[C@H](NC(=O)[C@H](CC(C)C)NC(=O)[C@H](Cc1ccccc1)NC(=O)[C@@H](N)CO)C(=O)N[C@@H](C)C(N)=O. The standard InChI is InChI=1S/C27H44N6O6/c1-15(2)11-20(25(37)30-17(5)23(29)35)32-26(38)21(12-16(3)4)33-27(39)22(31-24(36)19(28)14-34)13-18-9-7-6-8-10-18/h6-10,15-17,19-22,34H,11-14,28H2,1-5H3,(H2,29,35)(H,30,37)(H,31,36)(H,32,38)(H,33,39)/t17-,19-,20-,21-,22-/m0/s1. The van der Waals surface area contributed by atoms with E-state index in [4.69, 9.17) is 11.5 Å². The molecule has 0 bridgehead atoms. The van der Waals surface area contributed by atoms with Gasteiger partial charge in [-0.3, -0.25) is 24.0 Å². The van der Waals surface area contributed by atoms with Gasteiger partial charge in [0.1, 0.15) is 30.2 Å². The van der Waals surface area contributed by atoms with Crippen molar-refractivity contribution in [2.75, 3.05) is 6.61 Å². The summed E-state index contributed by atoms with van der Waals surface area (Å²) in [5.41, 5.74) is 11.6. The number of aliphatic hydroxyl groups excluding tert-OH is 1. The van der Waals surface area contributed by atoms with E-state index < -0.39 is 66.4 Å². The van der Waals surface area contributed by atoms with Gasteiger partial charge in [0.25, 0.3) is 0 Å². The Kier molecular flexibility index (Phi) is 14.1. The molecule has 0 fully saturated rings. The van der Waals surface area contributed by atoms with Crippen LogP contribution in [0.5, 0.6) is 0 Å².